The molecule has 0 radical (unpaired) electrons. The lowest BCUT2D eigenvalue weighted by Gasteiger charge is -2.04. The van der Waals surface area contributed by atoms with Gasteiger partial charge in [-0.2, -0.15) is 0 Å². The maximum atomic E-state index is 12.7. The van der Waals surface area contributed by atoms with Gasteiger partial charge >= 0.3 is 0 Å². The summed E-state index contributed by atoms with van der Waals surface area (Å²) in [6.07, 6.45) is 0. The van der Waals surface area contributed by atoms with Crippen molar-refractivity contribution in [2.24, 2.45) is 0 Å². The fraction of sp³-hybridized carbons (Fsp3) is 0.333. The molecule has 0 aliphatic heterocycles. The number of halogens is 2. The lowest BCUT2D eigenvalue weighted by atomic mass is 10.1. The number of aryl methyl sites for hydroxylation is 1. The molecule has 2 heteroatoms. The summed E-state index contributed by atoms with van der Waals surface area (Å²) in [5.74, 6) is 5.59. The molecule has 0 spiro atoms. The highest BCUT2D eigenvalue weighted by atomic mass is 35.5. The smallest absolute Gasteiger partial charge is 0.123 e. The van der Waals surface area contributed by atoms with E-state index in [2.05, 4.69) is 11.8 Å². The molecule has 14 heavy (non-hydrogen) atoms. The zero-order chi connectivity index (χ0) is 10.8. The quantitative estimate of drug-likeness (QED) is 0.454. The fourth-order valence-corrected chi connectivity index (χ4v) is 1.03. The van der Waals surface area contributed by atoms with Gasteiger partial charge in [-0.05, 0) is 44.5 Å². The number of rotatable bonds is 0. The van der Waals surface area contributed by atoms with Crippen molar-refractivity contribution < 1.29 is 4.39 Å². The zero-order valence-electron chi connectivity index (χ0n) is 8.49. The molecule has 0 unspecified atom stereocenters. The van der Waals surface area contributed by atoms with Crippen LogP contribution >= 0.6 is 11.6 Å². The Kier molecular flexibility index (Phi) is 3.18. The SMILES string of the molecule is Cc1cc(F)ccc1C#CC(C)(C)Cl. The van der Waals surface area contributed by atoms with E-state index in [1.165, 1.54) is 12.1 Å². The maximum absolute atomic E-state index is 12.7. The van der Waals surface area contributed by atoms with Gasteiger partial charge in [0.05, 0.1) is 4.87 Å². The highest BCUT2D eigenvalue weighted by molar-refractivity contribution is 6.25. The van der Waals surface area contributed by atoms with E-state index in [1.54, 1.807) is 6.07 Å². The van der Waals surface area contributed by atoms with Crippen LogP contribution in [0.3, 0.4) is 0 Å². The first-order chi connectivity index (χ1) is 6.38. The van der Waals surface area contributed by atoms with Gasteiger partial charge in [-0.25, -0.2) is 4.39 Å². The summed E-state index contributed by atoms with van der Waals surface area (Å²) in [7, 11) is 0. The van der Waals surface area contributed by atoms with E-state index in [4.69, 9.17) is 11.6 Å². The molecule has 0 aliphatic carbocycles. The molecule has 1 rings (SSSR count). The van der Waals surface area contributed by atoms with Crippen LogP contribution in [0.1, 0.15) is 25.0 Å². The predicted octanol–water partition coefficient (Wildman–Crippen LogP) is 3.50. The third-order valence-electron chi connectivity index (χ3n) is 1.68. The molecular formula is C12H12ClF. The zero-order valence-corrected chi connectivity index (χ0v) is 9.24. The first-order valence-corrected chi connectivity index (χ1v) is 4.74. The molecule has 0 nitrogen and oxygen atoms in total. The third kappa shape index (κ3) is 3.40. The number of hydrogen-bond acceptors (Lipinski definition) is 0. The van der Waals surface area contributed by atoms with Crippen LogP contribution in [0.4, 0.5) is 4.39 Å². The van der Waals surface area contributed by atoms with Gasteiger partial charge < -0.3 is 0 Å². The average Bonchev–Trinajstić information content (AvgIpc) is 2.00. The Hall–Kier alpha value is -1.00. The maximum Gasteiger partial charge on any atom is 0.123 e. The molecule has 1 aromatic carbocycles. The van der Waals surface area contributed by atoms with Crippen molar-refractivity contribution in [1.29, 1.82) is 0 Å². The molecule has 0 saturated heterocycles. The van der Waals surface area contributed by atoms with Crippen molar-refractivity contribution >= 4 is 11.6 Å². The third-order valence-corrected chi connectivity index (χ3v) is 1.78. The number of hydrogen-bond donors (Lipinski definition) is 0. The van der Waals surface area contributed by atoms with Gasteiger partial charge in [0.2, 0.25) is 0 Å². The van der Waals surface area contributed by atoms with Gasteiger partial charge in [0.1, 0.15) is 5.82 Å². The first kappa shape index (κ1) is 11.1. The Morgan fingerprint density at radius 3 is 2.50 bits per heavy atom. The van der Waals surface area contributed by atoms with Crippen LogP contribution < -0.4 is 0 Å². The number of benzene rings is 1. The largest absolute Gasteiger partial charge is 0.207 e. The monoisotopic (exact) mass is 210 g/mol. The Labute approximate surface area is 89.1 Å². The van der Waals surface area contributed by atoms with E-state index in [0.717, 1.165) is 11.1 Å². The minimum absolute atomic E-state index is 0.238. The minimum atomic E-state index is -0.541. The van der Waals surface area contributed by atoms with E-state index in [1.807, 2.05) is 20.8 Å². The van der Waals surface area contributed by atoms with Crippen LogP contribution in [-0.4, -0.2) is 4.87 Å². The molecule has 0 aromatic heterocycles. The Morgan fingerprint density at radius 1 is 1.36 bits per heavy atom. The minimum Gasteiger partial charge on any atom is -0.207 e. The van der Waals surface area contributed by atoms with Gasteiger partial charge in [0.25, 0.3) is 0 Å². The highest BCUT2D eigenvalue weighted by Gasteiger charge is 2.07. The Balaban J connectivity index is 3.02. The van der Waals surface area contributed by atoms with Crippen LogP contribution in [0.25, 0.3) is 0 Å². The molecule has 0 atom stereocenters. The lowest BCUT2D eigenvalue weighted by molar-refractivity contribution is 0.626. The van der Waals surface area contributed by atoms with Gasteiger partial charge in [0, 0.05) is 5.56 Å². The van der Waals surface area contributed by atoms with Gasteiger partial charge in [-0.1, -0.05) is 11.8 Å². The van der Waals surface area contributed by atoms with Gasteiger partial charge in [-0.15, -0.1) is 11.6 Å². The fourth-order valence-electron chi connectivity index (χ4n) is 0.983. The molecule has 1 aromatic rings. The summed E-state index contributed by atoms with van der Waals surface area (Å²) >= 11 is 5.92. The van der Waals surface area contributed by atoms with Crippen molar-refractivity contribution in [1.82, 2.24) is 0 Å². The van der Waals surface area contributed by atoms with Crippen LogP contribution in [-0.2, 0) is 0 Å². The molecule has 0 fully saturated rings. The van der Waals surface area contributed by atoms with E-state index >= 15 is 0 Å². The molecule has 0 bridgehead atoms. The second-order valence-corrected chi connectivity index (χ2v) is 4.63. The summed E-state index contributed by atoms with van der Waals surface area (Å²) in [5, 5.41) is 0. The van der Waals surface area contributed by atoms with Gasteiger partial charge in [-0.3, -0.25) is 0 Å². The second-order valence-electron chi connectivity index (χ2n) is 3.68. The topological polar surface area (TPSA) is 0 Å². The molecule has 0 N–H and O–H groups in total. The molecule has 0 heterocycles. The van der Waals surface area contributed by atoms with E-state index in [-0.39, 0.29) is 5.82 Å². The van der Waals surface area contributed by atoms with E-state index in [9.17, 15) is 4.39 Å². The predicted molar refractivity (Wildman–Crippen MR) is 57.9 cm³/mol. The van der Waals surface area contributed by atoms with Gasteiger partial charge in [0.15, 0.2) is 0 Å². The second kappa shape index (κ2) is 4.02. The molecule has 0 amide bonds. The Bertz CT molecular complexity index is 391. The summed E-state index contributed by atoms with van der Waals surface area (Å²) < 4.78 is 12.7. The molecule has 74 valence electrons. The van der Waals surface area contributed by atoms with E-state index in [0.29, 0.717) is 0 Å². The van der Waals surface area contributed by atoms with Crippen LogP contribution in [0, 0.1) is 24.6 Å². The highest BCUT2D eigenvalue weighted by Crippen LogP contribution is 2.12. The summed E-state index contributed by atoms with van der Waals surface area (Å²) in [6.45, 7) is 5.47. The number of alkyl halides is 1. The van der Waals surface area contributed by atoms with Crippen molar-refractivity contribution in [2.45, 2.75) is 25.6 Å². The van der Waals surface area contributed by atoms with E-state index < -0.39 is 4.87 Å². The first-order valence-electron chi connectivity index (χ1n) is 4.37. The van der Waals surface area contributed by atoms with Crippen LogP contribution in [0.5, 0.6) is 0 Å². The van der Waals surface area contributed by atoms with Crippen molar-refractivity contribution in [3.63, 3.8) is 0 Å². The van der Waals surface area contributed by atoms with Crippen molar-refractivity contribution in [3.8, 4) is 11.8 Å². The van der Waals surface area contributed by atoms with Crippen LogP contribution in [0.2, 0.25) is 0 Å². The van der Waals surface area contributed by atoms with Crippen molar-refractivity contribution in [3.05, 3.63) is 35.1 Å². The normalized spacial score (nSPS) is 10.6. The molecular weight excluding hydrogens is 199 g/mol. The summed E-state index contributed by atoms with van der Waals surface area (Å²) in [4.78, 5) is -0.541. The summed E-state index contributed by atoms with van der Waals surface area (Å²) in [6, 6.07) is 4.53. The summed E-state index contributed by atoms with van der Waals surface area (Å²) in [5.41, 5.74) is 1.65. The molecule has 0 saturated carbocycles. The Morgan fingerprint density at radius 2 is 2.00 bits per heavy atom. The standard InChI is InChI=1S/C12H12ClF/c1-9-8-11(14)5-4-10(9)6-7-12(2,3)13/h4-5,8H,1-3H3. The molecule has 0 aliphatic rings. The average molecular weight is 211 g/mol. The lowest BCUT2D eigenvalue weighted by Crippen LogP contribution is -2.04. The van der Waals surface area contributed by atoms with Crippen molar-refractivity contribution in [2.75, 3.05) is 0 Å². The van der Waals surface area contributed by atoms with Crippen LogP contribution in [0.15, 0.2) is 18.2 Å².